The molecule has 1 aliphatic rings. The Kier molecular flexibility index (Phi) is 4.88. The van der Waals surface area contributed by atoms with Gasteiger partial charge in [-0.05, 0) is 19.4 Å². The molecule has 0 fully saturated rings. The second kappa shape index (κ2) is 6.18. The van der Waals surface area contributed by atoms with Crippen LogP contribution in [0, 0.1) is 11.8 Å². The van der Waals surface area contributed by atoms with E-state index in [0.717, 1.165) is 0 Å². The first-order valence-electron chi connectivity index (χ1n) is 5.70. The second-order valence-corrected chi connectivity index (χ2v) is 4.00. The quantitative estimate of drug-likeness (QED) is 0.443. The summed E-state index contributed by atoms with van der Waals surface area (Å²) >= 11 is 0. The maximum absolute atomic E-state index is 11.6. The summed E-state index contributed by atoms with van der Waals surface area (Å²) < 4.78 is 9.67. The van der Waals surface area contributed by atoms with E-state index in [1.165, 1.54) is 6.92 Å². The van der Waals surface area contributed by atoms with Gasteiger partial charge in [-0.15, -0.1) is 0 Å². The Morgan fingerprint density at radius 3 is 2.56 bits per heavy atom. The van der Waals surface area contributed by atoms with Gasteiger partial charge in [0.05, 0.1) is 6.61 Å². The average Bonchev–Trinajstić information content (AvgIpc) is 2.65. The molecule has 1 N–H and O–H groups in total. The predicted octanol–water partition coefficient (Wildman–Crippen LogP) is 0.758. The van der Waals surface area contributed by atoms with Gasteiger partial charge < -0.3 is 14.6 Å². The van der Waals surface area contributed by atoms with Gasteiger partial charge in [-0.25, -0.2) is 0 Å². The number of hydrogen-bond acceptors (Lipinski definition) is 5. The van der Waals surface area contributed by atoms with Crippen LogP contribution in [0.3, 0.4) is 0 Å². The predicted molar refractivity (Wildman–Crippen MR) is 60.6 cm³/mol. The Labute approximate surface area is 105 Å². The highest BCUT2D eigenvalue weighted by Gasteiger charge is 2.38. The number of carbonyl (C=O) groups excluding carboxylic acids is 2. The summed E-state index contributed by atoms with van der Waals surface area (Å²) in [6.45, 7) is 3.02. The Hall–Kier alpha value is -1.85. The van der Waals surface area contributed by atoms with E-state index in [1.807, 2.05) is 0 Å². The fourth-order valence-electron chi connectivity index (χ4n) is 1.93. The van der Waals surface area contributed by atoms with Gasteiger partial charge in [0.25, 0.3) is 0 Å². The van der Waals surface area contributed by atoms with Crippen molar-refractivity contribution in [3.05, 3.63) is 12.2 Å². The summed E-state index contributed by atoms with van der Waals surface area (Å²) in [7, 11) is 0. The van der Waals surface area contributed by atoms with Gasteiger partial charge in [0.2, 0.25) is 0 Å². The van der Waals surface area contributed by atoms with Crippen molar-refractivity contribution in [2.24, 2.45) is 11.8 Å². The highest BCUT2D eigenvalue weighted by atomic mass is 16.5. The molecule has 0 aliphatic heterocycles. The minimum absolute atomic E-state index is 0.131. The first kappa shape index (κ1) is 14.2. The smallest absolute Gasteiger partial charge is 0.320 e. The molecular formula is C12H16O6. The molecule has 0 aromatic heterocycles. The molecule has 0 bridgehead atoms. The van der Waals surface area contributed by atoms with Crippen LogP contribution >= 0.6 is 0 Å². The lowest BCUT2D eigenvalue weighted by Crippen LogP contribution is -2.32. The van der Waals surface area contributed by atoms with Crippen molar-refractivity contribution in [2.75, 3.05) is 6.61 Å². The van der Waals surface area contributed by atoms with E-state index in [2.05, 4.69) is 0 Å². The number of aliphatic carboxylic acids is 1. The maximum Gasteiger partial charge on any atom is 0.320 e. The lowest BCUT2D eigenvalue weighted by Gasteiger charge is -2.17. The zero-order chi connectivity index (χ0) is 13.7. The molecule has 6 nitrogen and oxygen atoms in total. The van der Waals surface area contributed by atoms with Crippen LogP contribution in [0.1, 0.15) is 20.3 Å². The number of hydrogen-bond donors (Lipinski definition) is 1. The average molecular weight is 256 g/mol. The molecule has 0 radical (unpaired) electrons. The highest BCUT2D eigenvalue weighted by molar-refractivity contribution is 5.94. The van der Waals surface area contributed by atoms with Crippen LogP contribution < -0.4 is 0 Å². The molecule has 0 saturated heterocycles. The third-order valence-electron chi connectivity index (χ3n) is 2.63. The molecule has 3 unspecified atom stereocenters. The van der Waals surface area contributed by atoms with E-state index in [4.69, 9.17) is 14.6 Å². The molecule has 3 atom stereocenters. The minimum Gasteiger partial charge on any atom is -0.481 e. The summed E-state index contributed by atoms with van der Waals surface area (Å²) in [5.74, 6) is -4.18. The molecule has 100 valence electrons. The second-order valence-electron chi connectivity index (χ2n) is 4.00. The zero-order valence-electron chi connectivity index (χ0n) is 10.3. The summed E-state index contributed by atoms with van der Waals surface area (Å²) in [6.07, 6.45) is 3.00. The normalized spacial score (nSPS) is 23.4. The highest BCUT2D eigenvalue weighted by Crippen LogP contribution is 2.28. The van der Waals surface area contributed by atoms with E-state index in [9.17, 15) is 14.4 Å². The Bertz CT molecular complexity index is 373. The first-order chi connectivity index (χ1) is 8.45. The van der Waals surface area contributed by atoms with Crippen LogP contribution in [0.2, 0.25) is 0 Å². The van der Waals surface area contributed by atoms with Crippen molar-refractivity contribution >= 4 is 17.9 Å². The SMILES string of the molecule is CCOC(=O)C(C(=O)O)C1C=CC(OC(C)=O)C1. The topological polar surface area (TPSA) is 89.9 Å². The molecule has 0 amide bonds. The van der Waals surface area contributed by atoms with Crippen molar-refractivity contribution in [2.45, 2.75) is 26.4 Å². The van der Waals surface area contributed by atoms with Crippen molar-refractivity contribution in [1.29, 1.82) is 0 Å². The number of allylic oxidation sites excluding steroid dienone is 1. The molecule has 1 rings (SSSR count). The van der Waals surface area contributed by atoms with Crippen LogP contribution in [0.4, 0.5) is 0 Å². The van der Waals surface area contributed by atoms with Crippen LogP contribution in [-0.2, 0) is 23.9 Å². The molecule has 0 aromatic rings. The lowest BCUT2D eigenvalue weighted by molar-refractivity contribution is -0.160. The molecule has 1 aliphatic carbocycles. The van der Waals surface area contributed by atoms with Gasteiger partial charge in [0, 0.05) is 12.8 Å². The molecule has 0 aromatic carbocycles. The molecule has 6 heteroatoms. The number of esters is 2. The largest absolute Gasteiger partial charge is 0.481 e. The van der Waals surface area contributed by atoms with E-state index < -0.39 is 35.8 Å². The van der Waals surface area contributed by atoms with Gasteiger partial charge in [-0.3, -0.25) is 14.4 Å². The molecule has 0 heterocycles. The van der Waals surface area contributed by atoms with E-state index in [0.29, 0.717) is 0 Å². The third-order valence-corrected chi connectivity index (χ3v) is 2.63. The number of rotatable bonds is 5. The minimum atomic E-state index is -1.25. The monoisotopic (exact) mass is 256 g/mol. The summed E-state index contributed by atoms with van der Waals surface area (Å²) in [6, 6.07) is 0. The van der Waals surface area contributed by atoms with Crippen molar-refractivity contribution in [3.63, 3.8) is 0 Å². The number of carbonyl (C=O) groups is 3. The molecular weight excluding hydrogens is 240 g/mol. The zero-order valence-corrected chi connectivity index (χ0v) is 10.3. The summed E-state index contributed by atoms with van der Waals surface area (Å²) in [5.41, 5.74) is 0. The van der Waals surface area contributed by atoms with E-state index >= 15 is 0 Å². The molecule has 0 saturated carbocycles. The number of ether oxygens (including phenoxy) is 2. The first-order valence-corrected chi connectivity index (χ1v) is 5.70. The van der Waals surface area contributed by atoms with Crippen molar-refractivity contribution in [1.82, 2.24) is 0 Å². The third kappa shape index (κ3) is 3.58. The fraction of sp³-hybridized carbons (Fsp3) is 0.583. The maximum atomic E-state index is 11.6. The van der Waals surface area contributed by atoms with Gasteiger partial charge in [0.1, 0.15) is 6.10 Å². The van der Waals surface area contributed by atoms with Crippen molar-refractivity contribution in [3.8, 4) is 0 Å². The van der Waals surface area contributed by atoms with Crippen LogP contribution in [-0.4, -0.2) is 35.7 Å². The van der Waals surface area contributed by atoms with Crippen LogP contribution in [0.15, 0.2) is 12.2 Å². The summed E-state index contributed by atoms with van der Waals surface area (Å²) in [5, 5.41) is 9.06. The Morgan fingerprint density at radius 1 is 1.39 bits per heavy atom. The van der Waals surface area contributed by atoms with Gasteiger partial charge in [0.15, 0.2) is 5.92 Å². The Morgan fingerprint density at radius 2 is 2.06 bits per heavy atom. The Balaban J connectivity index is 2.67. The summed E-state index contributed by atoms with van der Waals surface area (Å²) in [4.78, 5) is 33.4. The van der Waals surface area contributed by atoms with Gasteiger partial charge >= 0.3 is 17.9 Å². The van der Waals surface area contributed by atoms with Gasteiger partial charge in [-0.1, -0.05) is 6.08 Å². The fourth-order valence-corrected chi connectivity index (χ4v) is 1.93. The van der Waals surface area contributed by atoms with Gasteiger partial charge in [-0.2, -0.15) is 0 Å². The van der Waals surface area contributed by atoms with E-state index in [-0.39, 0.29) is 13.0 Å². The standard InChI is InChI=1S/C12H16O6/c1-3-17-12(16)10(11(14)15)8-4-5-9(6-8)18-7(2)13/h4-5,8-10H,3,6H2,1-2H3,(H,14,15). The lowest BCUT2D eigenvalue weighted by atomic mass is 9.91. The number of carboxylic acids is 1. The van der Waals surface area contributed by atoms with Crippen molar-refractivity contribution < 1.29 is 29.0 Å². The molecule has 18 heavy (non-hydrogen) atoms. The van der Waals surface area contributed by atoms with Crippen LogP contribution in [0.25, 0.3) is 0 Å². The van der Waals surface area contributed by atoms with Crippen LogP contribution in [0.5, 0.6) is 0 Å². The molecule has 0 spiro atoms. The number of carboxylic acid groups (broad SMARTS) is 1. The van der Waals surface area contributed by atoms with E-state index in [1.54, 1.807) is 19.1 Å².